The van der Waals surface area contributed by atoms with Gasteiger partial charge in [0.1, 0.15) is 0 Å². The summed E-state index contributed by atoms with van der Waals surface area (Å²) in [6.45, 7) is 0.0284. The van der Waals surface area contributed by atoms with Gasteiger partial charge in [-0.25, -0.2) is 10.2 Å². The summed E-state index contributed by atoms with van der Waals surface area (Å²) in [5.41, 5.74) is 3.44. The molecule has 1 unspecified atom stereocenters. The monoisotopic (exact) mass is 438 g/mol. The number of aromatic amines is 1. The number of imidazole rings is 1. The van der Waals surface area contributed by atoms with E-state index < -0.39 is 17.4 Å². The standard InChI is InChI=1S/C21H19ClN6O3/c1-27-18-17(19(30)25-21(27)31)28(12-16(29)14-5-3-2-4-6-14)20(24-18)26-23-11-13-7-9-15(22)10-8-13/h2-11,16,29H,12H2,1H3,(H,24,26)(H,25,30,31). The number of aryl methyl sites for hydroxylation is 1. The third-order valence-corrected chi connectivity index (χ3v) is 5.05. The number of nitrogens with zero attached hydrogens (tertiary/aromatic N) is 4. The van der Waals surface area contributed by atoms with Crippen LogP contribution in [0.25, 0.3) is 11.2 Å². The minimum Gasteiger partial charge on any atom is -0.387 e. The Balaban J connectivity index is 1.74. The molecule has 2 heterocycles. The normalized spacial score (nSPS) is 12.5. The van der Waals surface area contributed by atoms with Gasteiger partial charge in [-0.05, 0) is 23.3 Å². The molecular weight excluding hydrogens is 420 g/mol. The SMILES string of the molecule is Cn1c(=O)[nH]c(=O)c2c1nc(NN=Cc1ccc(Cl)cc1)n2CC(O)c1ccccc1. The first-order valence-corrected chi connectivity index (χ1v) is 9.79. The minimum absolute atomic E-state index is 0.0284. The molecule has 0 aliphatic heterocycles. The first-order valence-electron chi connectivity index (χ1n) is 9.41. The summed E-state index contributed by atoms with van der Waals surface area (Å²) in [7, 11) is 1.51. The maximum atomic E-state index is 12.5. The highest BCUT2D eigenvalue weighted by Gasteiger charge is 2.20. The van der Waals surface area contributed by atoms with Crippen LogP contribution in [0.1, 0.15) is 17.2 Å². The number of hydrazone groups is 1. The predicted molar refractivity (Wildman–Crippen MR) is 120 cm³/mol. The van der Waals surface area contributed by atoms with Gasteiger partial charge in [0.2, 0.25) is 5.95 Å². The molecule has 0 bridgehead atoms. The van der Waals surface area contributed by atoms with Crippen molar-refractivity contribution in [2.45, 2.75) is 12.6 Å². The van der Waals surface area contributed by atoms with Crippen LogP contribution in [0.3, 0.4) is 0 Å². The number of aliphatic hydroxyl groups is 1. The van der Waals surface area contributed by atoms with E-state index in [1.54, 1.807) is 42.6 Å². The van der Waals surface area contributed by atoms with E-state index in [0.29, 0.717) is 10.6 Å². The third-order valence-electron chi connectivity index (χ3n) is 4.80. The summed E-state index contributed by atoms with van der Waals surface area (Å²) < 4.78 is 2.74. The van der Waals surface area contributed by atoms with Crippen LogP contribution in [0.5, 0.6) is 0 Å². The lowest BCUT2D eigenvalue weighted by Gasteiger charge is -2.14. The Labute approximate surface area is 181 Å². The van der Waals surface area contributed by atoms with E-state index in [1.807, 2.05) is 18.2 Å². The topological polar surface area (TPSA) is 117 Å². The summed E-state index contributed by atoms with van der Waals surface area (Å²) >= 11 is 5.89. The summed E-state index contributed by atoms with van der Waals surface area (Å²) in [4.78, 5) is 31.2. The average Bonchev–Trinajstić information content (AvgIpc) is 3.13. The van der Waals surface area contributed by atoms with Crippen molar-refractivity contribution in [3.8, 4) is 0 Å². The van der Waals surface area contributed by atoms with E-state index in [-0.39, 0.29) is 23.7 Å². The first-order chi connectivity index (χ1) is 14.9. The molecule has 0 aliphatic rings. The third kappa shape index (κ3) is 4.27. The van der Waals surface area contributed by atoms with Crippen molar-refractivity contribution < 1.29 is 5.11 Å². The van der Waals surface area contributed by atoms with Gasteiger partial charge in [-0.1, -0.05) is 54.1 Å². The van der Waals surface area contributed by atoms with Crippen LogP contribution in [-0.4, -0.2) is 30.4 Å². The molecule has 0 radical (unpaired) electrons. The number of aliphatic hydroxyl groups excluding tert-OH is 1. The molecule has 10 heteroatoms. The van der Waals surface area contributed by atoms with Gasteiger partial charge in [0.25, 0.3) is 5.56 Å². The second-order valence-electron chi connectivity index (χ2n) is 6.88. The number of rotatable bonds is 6. The Hall–Kier alpha value is -3.69. The van der Waals surface area contributed by atoms with E-state index in [2.05, 4.69) is 20.5 Å². The second kappa shape index (κ2) is 8.58. The highest BCUT2D eigenvalue weighted by atomic mass is 35.5. The van der Waals surface area contributed by atoms with Crippen LogP contribution in [-0.2, 0) is 13.6 Å². The summed E-state index contributed by atoms with van der Waals surface area (Å²) in [6, 6.07) is 16.1. The first kappa shape index (κ1) is 20.6. The number of hydrogen-bond donors (Lipinski definition) is 3. The van der Waals surface area contributed by atoms with Crippen molar-refractivity contribution in [1.29, 1.82) is 0 Å². The van der Waals surface area contributed by atoms with Crippen molar-refractivity contribution in [1.82, 2.24) is 19.1 Å². The number of fused-ring (bicyclic) bond motifs is 1. The molecule has 158 valence electrons. The fraction of sp³-hybridized carbons (Fsp3) is 0.143. The summed E-state index contributed by atoms with van der Waals surface area (Å²) in [5, 5.41) is 15.5. The lowest BCUT2D eigenvalue weighted by Crippen LogP contribution is -2.29. The second-order valence-corrected chi connectivity index (χ2v) is 7.32. The van der Waals surface area contributed by atoms with Gasteiger partial charge in [0.15, 0.2) is 11.2 Å². The van der Waals surface area contributed by atoms with Gasteiger partial charge in [0, 0.05) is 12.1 Å². The molecule has 0 spiro atoms. The number of benzene rings is 2. The van der Waals surface area contributed by atoms with Gasteiger partial charge >= 0.3 is 5.69 Å². The van der Waals surface area contributed by atoms with Gasteiger partial charge in [-0.2, -0.15) is 10.1 Å². The zero-order valence-corrected chi connectivity index (χ0v) is 17.2. The molecule has 4 rings (SSSR count). The fourth-order valence-electron chi connectivity index (χ4n) is 3.16. The maximum Gasteiger partial charge on any atom is 0.329 e. The minimum atomic E-state index is -0.906. The largest absolute Gasteiger partial charge is 0.387 e. The molecule has 0 saturated heterocycles. The van der Waals surface area contributed by atoms with Crippen LogP contribution >= 0.6 is 11.6 Å². The number of hydrogen-bond acceptors (Lipinski definition) is 6. The summed E-state index contributed by atoms with van der Waals surface area (Å²) in [5.74, 6) is 0.210. The molecule has 31 heavy (non-hydrogen) atoms. The van der Waals surface area contributed by atoms with Crippen LogP contribution < -0.4 is 16.7 Å². The average molecular weight is 439 g/mol. The van der Waals surface area contributed by atoms with Crippen molar-refractivity contribution >= 4 is 34.9 Å². The molecule has 0 saturated carbocycles. The quantitative estimate of drug-likeness (QED) is 0.315. The molecule has 4 aromatic rings. The molecule has 3 N–H and O–H groups in total. The Bertz CT molecular complexity index is 1360. The van der Waals surface area contributed by atoms with Gasteiger partial charge in [0.05, 0.1) is 18.9 Å². The lowest BCUT2D eigenvalue weighted by molar-refractivity contribution is 0.158. The van der Waals surface area contributed by atoms with Gasteiger partial charge in [-0.3, -0.25) is 18.9 Å². The number of aromatic nitrogens is 4. The van der Waals surface area contributed by atoms with E-state index in [4.69, 9.17) is 11.6 Å². The molecule has 0 aliphatic carbocycles. The van der Waals surface area contributed by atoms with Gasteiger partial charge in [-0.15, -0.1) is 0 Å². The predicted octanol–water partition coefficient (Wildman–Crippen LogP) is 2.26. The zero-order valence-electron chi connectivity index (χ0n) is 16.5. The van der Waals surface area contributed by atoms with Crippen molar-refractivity contribution in [2.75, 3.05) is 5.43 Å². The van der Waals surface area contributed by atoms with Crippen LogP contribution in [0.4, 0.5) is 5.95 Å². The number of nitrogens with one attached hydrogen (secondary N) is 2. The van der Waals surface area contributed by atoms with E-state index >= 15 is 0 Å². The van der Waals surface area contributed by atoms with Crippen molar-refractivity contribution in [2.24, 2.45) is 12.1 Å². The van der Waals surface area contributed by atoms with E-state index in [9.17, 15) is 14.7 Å². The molecule has 2 aromatic carbocycles. The molecule has 0 fully saturated rings. The van der Waals surface area contributed by atoms with Crippen LogP contribution in [0.2, 0.25) is 5.02 Å². The Morgan fingerprint density at radius 1 is 1.19 bits per heavy atom. The number of H-pyrrole nitrogens is 1. The lowest BCUT2D eigenvalue weighted by atomic mass is 10.1. The molecular formula is C21H19ClN6O3. The maximum absolute atomic E-state index is 12.5. The highest BCUT2D eigenvalue weighted by molar-refractivity contribution is 6.30. The Morgan fingerprint density at radius 3 is 2.61 bits per heavy atom. The van der Waals surface area contributed by atoms with Gasteiger partial charge < -0.3 is 5.11 Å². The van der Waals surface area contributed by atoms with Crippen molar-refractivity contribution in [3.63, 3.8) is 0 Å². The molecule has 9 nitrogen and oxygen atoms in total. The highest BCUT2D eigenvalue weighted by Crippen LogP contribution is 2.21. The van der Waals surface area contributed by atoms with E-state index in [1.165, 1.54) is 16.2 Å². The van der Waals surface area contributed by atoms with E-state index in [0.717, 1.165) is 5.56 Å². The number of anilines is 1. The summed E-state index contributed by atoms with van der Waals surface area (Å²) in [6.07, 6.45) is 0.660. The van der Waals surface area contributed by atoms with Crippen LogP contribution in [0, 0.1) is 0 Å². The van der Waals surface area contributed by atoms with Crippen molar-refractivity contribution in [3.05, 3.63) is 91.6 Å². The molecule has 2 aromatic heterocycles. The zero-order chi connectivity index (χ0) is 22.0. The molecule has 0 amide bonds. The molecule has 1 atom stereocenters. The smallest absolute Gasteiger partial charge is 0.329 e. The fourth-order valence-corrected chi connectivity index (χ4v) is 3.29. The Morgan fingerprint density at radius 2 is 1.90 bits per heavy atom. The number of halogens is 1. The Kier molecular flexibility index (Phi) is 5.70. The van der Waals surface area contributed by atoms with Crippen LogP contribution in [0.15, 0.2) is 69.3 Å².